The van der Waals surface area contributed by atoms with Gasteiger partial charge in [0.15, 0.2) is 11.3 Å². The number of aromatic nitrogens is 3. The molecule has 21 heavy (non-hydrogen) atoms. The lowest BCUT2D eigenvalue weighted by atomic mass is 10.0. The highest BCUT2D eigenvalue weighted by atomic mass is 16.4. The summed E-state index contributed by atoms with van der Waals surface area (Å²) in [7, 11) is 0. The predicted octanol–water partition coefficient (Wildman–Crippen LogP) is 2.27. The van der Waals surface area contributed by atoms with Crippen LogP contribution in [0, 0.1) is 18.3 Å². The number of benzene rings is 1. The van der Waals surface area contributed by atoms with Gasteiger partial charge in [-0.2, -0.15) is 5.26 Å². The first-order valence-electron chi connectivity index (χ1n) is 6.19. The van der Waals surface area contributed by atoms with Gasteiger partial charge in [-0.15, -0.1) is 0 Å². The Hall–Kier alpha value is -3.20. The van der Waals surface area contributed by atoms with Crippen molar-refractivity contribution in [2.45, 2.75) is 6.92 Å². The van der Waals surface area contributed by atoms with E-state index in [-0.39, 0.29) is 11.3 Å². The number of nitriles is 1. The van der Waals surface area contributed by atoms with Gasteiger partial charge in [0.2, 0.25) is 0 Å². The maximum absolute atomic E-state index is 11.2. The van der Waals surface area contributed by atoms with E-state index in [1.807, 2.05) is 13.0 Å². The molecule has 1 N–H and O–H groups in total. The molecule has 1 aromatic carbocycles. The maximum atomic E-state index is 11.2. The van der Waals surface area contributed by atoms with Crippen molar-refractivity contribution in [2.75, 3.05) is 0 Å². The molecule has 3 aromatic rings. The van der Waals surface area contributed by atoms with Gasteiger partial charge in [-0.1, -0.05) is 18.2 Å². The highest BCUT2D eigenvalue weighted by Crippen LogP contribution is 2.24. The SMILES string of the molecule is Cc1cc(-c2ccccc2C#N)nc2c(C(=O)O)ncn12. The van der Waals surface area contributed by atoms with Crippen molar-refractivity contribution in [1.29, 1.82) is 5.26 Å². The topological polar surface area (TPSA) is 91.3 Å². The Morgan fingerprint density at radius 2 is 2.14 bits per heavy atom. The Labute approximate surface area is 119 Å². The average molecular weight is 278 g/mol. The molecule has 6 heteroatoms. The van der Waals surface area contributed by atoms with E-state index in [0.717, 1.165) is 5.69 Å². The predicted molar refractivity (Wildman–Crippen MR) is 74.8 cm³/mol. The van der Waals surface area contributed by atoms with Crippen molar-refractivity contribution in [3.63, 3.8) is 0 Å². The number of rotatable bonds is 2. The van der Waals surface area contributed by atoms with Crippen molar-refractivity contribution in [1.82, 2.24) is 14.4 Å². The Balaban J connectivity index is 2.32. The Morgan fingerprint density at radius 3 is 2.86 bits per heavy atom. The molecule has 102 valence electrons. The van der Waals surface area contributed by atoms with Gasteiger partial charge >= 0.3 is 5.97 Å². The molecule has 0 bridgehead atoms. The number of aromatic carboxylic acids is 1. The Bertz CT molecular complexity index is 906. The standard InChI is InChI=1S/C15H10N4O2/c1-9-6-12(11-5-3-2-4-10(11)7-16)18-14-13(15(20)21)17-8-19(9)14/h2-6,8H,1H3,(H,20,21). The molecule has 0 unspecified atom stereocenters. The number of fused-ring (bicyclic) bond motifs is 1. The molecular weight excluding hydrogens is 268 g/mol. The van der Waals surface area contributed by atoms with Crippen molar-refractivity contribution in [3.8, 4) is 17.3 Å². The molecule has 0 atom stereocenters. The van der Waals surface area contributed by atoms with Gasteiger partial charge in [0.05, 0.1) is 17.3 Å². The molecule has 2 heterocycles. The minimum Gasteiger partial charge on any atom is -0.476 e. The molecule has 0 aliphatic heterocycles. The third-order valence-electron chi connectivity index (χ3n) is 3.22. The first-order valence-corrected chi connectivity index (χ1v) is 6.19. The van der Waals surface area contributed by atoms with Crippen molar-refractivity contribution < 1.29 is 9.90 Å². The van der Waals surface area contributed by atoms with Gasteiger partial charge in [0.25, 0.3) is 0 Å². The molecule has 0 saturated heterocycles. The molecule has 0 fully saturated rings. The summed E-state index contributed by atoms with van der Waals surface area (Å²) in [6.07, 6.45) is 1.43. The van der Waals surface area contributed by atoms with Crippen LogP contribution in [-0.4, -0.2) is 25.4 Å². The van der Waals surface area contributed by atoms with E-state index in [2.05, 4.69) is 16.0 Å². The van der Waals surface area contributed by atoms with E-state index in [1.54, 1.807) is 28.7 Å². The second-order valence-corrected chi connectivity index (χ2v) is 4.53. The summed E-state index contributed by atoms with van der Waals surface area (Å²) in [6.45, 7) is 1.83. The van der Waals surface area contributed by atoms with Crippen LogP contribution in [0.3, 0.4) is 0 Å². The van der Waals surface area contributed by atoms with Crippen molar-refractivity contribution in [3.05, 3.63) is 53.6 Å². The zero-order chi connectivity index (χ0) is 15.0. The summed E-state index contributed by atoms with van der Waals surface area (Å²) in [5, 5.41) is 18.3. The fraction of sp³-hybridized carbons (Fsp3) is 0.0667. The lowest BCUT2D eigenvalue weighted by molar-refractivity contribution is 0.0693. The van der Waals surface area contributed by atoms with E-state index < -0.39 is 5.97 Å². The fourth-order valence-electron chi connectivity index (χ4n) is 2.21. The second-order valence-electron chi connectivity index (χ2n) is 4.53. The minimum atomic E-state index is -1.13. The highest BCUT2D eigenvalue weighted by molar-refractivity contribution is 5.92. The number of carbonyl (C=O) groups is 1. The van der Waals surface area contributed by atoms with Gasteiger partial charge < -0.3 is 5.11 Å². The quantitative estimate of drug-likeness (QED) is 0.776. The first-order chi connectivity index (χ1) is 10.1. The highest BCUT2D eigenvalue weighted by Gasteiger charge is 2.16. The summed E-state index contributed by atoms with van der Waals surface area (Å²) >= 11 is 0. The van der Waals surface area contributed by atoms with Crippen LogP contribution in [0.1, 0.15) is 21.7 Å². The average Bonchev–Trinajstić information content (AvgIpc) is 2.91. The molecule has 0 amide bonds. The molecule has 0 aliphatic carbocycles. The van der Waals surface area contributed by atoms with Crippen LogP contribution in [0.15, 0.2) is 36.7 Å². The summed E-state index contributed by atoms with van der Waals surface area (Å²) in [4.78, 5) is 19.4. The van der Waals surface area contributed by atoms with Crippen LogP contribution in [0.5, 0.6) is 0 Å². The molecule has 0 spiro atoms. The lowest BCUT2D eigenvalue weighted by Crippen LogP contribution is -2.02. The first kappa shape index (κ1) is 12.8. The summed E-state index contributed by atoms with van der Waals surface area (Å²) in [5.74, 6) is -1.13. The van der Waals surface area contributed by atoms with Gasteiger partial charge in [0, 0.05) is 11.3 Å². The van der Waals surface area contributed by atoms with Gasteiger partial charge in [-0.25, -0.2) is 14.8 Å². The molecule has 2 aromatic heterocycles. The van der Waals surface area contributed by atoms with Crippen molar-refractivity contribution in [2.24, 2.45) is 0 Å². The van der Waals surface area contributed by atoms with E-state index in [0.29, 0.717) is 16.8 Å². The summed E-state index contributed by atoms with van der Waals surface area (Å²) < 4.78 is 1.61. The molecule has 3 rings (SSSR count). The van der Waals surface area contributed by atoms with Gasteiger partial charge in [-0.05, 0) is 19.1 Å². The van der Waals surface area contributed by atoms with E-state index in [9.17, 15) is 10.1 Å². The van der Waals surface area contributed by atoms with Crippen LogP contribution in [0.25, 0.3) is 16.9 Å². The minimum absolute atomic E-state index is 0.102. The fourth-order valence-corrected chi connectivity index (χ4v) is 2.21. The monoisotopic (exact) mass is 278 g/mol. The summed E-state index contributed by atoms with van der Waals surface area (Å²) in [6, 6.07) is 11.0. The van der Waals surface area contributed by atoms with E-state index >= 15 is 0 Å². The van der Waals surface area contributed by atoms with E-state index in [4.69, 9.17) is 5.11 Å². The van der Waals surface area contributed by atoms with Crippen LogP contribution < -0.4 is 0 Å². The zero-order valence-electron chi connectivity index (χ0n) is 11.1. The molecular formula is C15H10N4O2. The normalized spacial score (nSPS) is 10.5. The van der Waals surface area contributed by atoms with Crippen LogP contribution >= 0.6 is 0 Å². The number of carboxylic acid groups (broad SMARTS) is 1. The van der Waals surface area contributed by atoms with Crippen molar-refractivity contribution >= 4 is 11.6 Å². The third-order valence-corrected chi connectivity index (χ3v) is 3.22. The van der Waals surface area contributed by atoms with Gasteiger partial charge in [0.1, 0.15) is 6.33 Å². The van der Waals surface area contributed by atoms with Gasteiger partial charge in [-0.3, -0.25) is 4.40 Å². The smallest absolute Gasteiger partial charge is 0.358 e. The maximum Gasteiger partial charge on any atom is 0.358 e. The van der Waals surface area contributed by atoms with Crippen LogP contribution in [0.2, 0.25) is 0 Å². The van der Waals surface area contributed by atoms with Crippen LogP contribution in [-0.2, 0) is 0 Å². The number of hydrogen-bond acceptors (Lipinski definition) is 4. The number of imidazole rings is 1. The lowest BCUT2D eigenvalue weighted by Gasteiger charge is -2.07. The molecule has 0 aliphatic rings. The number of carboxylic acids is 1. The largest absolute Gasteiger partial charge is 0.476 e. The Morgan fingerprint density at radius 1 is 1.38 bits per heavy atom. The number of aryl methyl sites for hydroxylation is 1. The summed E-state index contributed by atoms with van der Waals surface area (Å²) in [5.41, 5.74) is 2.68. The van der Waals surface area contributed by atoms with Crippen LogP contribution in [0.4, 0.5) is 0 Å². The third kappa shape index (κ3) is 2.01. The zero-order valence-corrected chi connectivity index (χ0v) is 11.1. The second kappa shape index (κ2) is 4.72. The number of hydrogen-bond donors (Lipinski definition) is 1. The Kier molecular flexibility index (Phi) is 2.88. The molecule has 0 saturated carbocycles. The van der Waals surface area contributed by atoms with E-state index in [1.165, 1.54) is 6.33 Å². The molecule has 6 nitrogen and oxygen atoms in total. The number of nitrogens with zero attached hydrogens (tertiary/aromatic N) is 4. The molecule has 0 radical (unpaired) electrons.